The van der Waals surface area contributed by atoms with Gasteiger partial charge in [-0.3, -0.25) is 4.79 Å². The molecule has 0 bridgehead atoms. The monoisotopic (exact) mass is 346 g/mol. The first-order chi connectivity index (χ1) is 11.8. The number of nitrogens with one attached hydrogen (secondary N) is 1. The van der Waals surface area contributed by atoms with Crippen LogP contribution in [0.15, 0.2) is 18.3 Å². The van der Waals surface area contributed by atoms with Crippen LogP contribution in [0.3, 0.4) is 0 Å². The SMILES string of the molecule is CC(C)(C)OC(=O)N1CCN(c2ccc(C(=O)NC3CC3)nc2)CC1. The lowest BCUT2D eigenvalue weighted by atomic mass is 10.2. The molecule has 1 aromatic heterocycles. The molecule has 0 atom stereocenters. The van der Waals surface area contributed by atoms with Crippen molar-refractivity contribution in [2.45, 2.75) is 45.3 Å². The fourth-order valence-corrected chi connectivity index (χ4v) is 2.67. The number of hydrogen-bond donors (Lipinski definition) is 1. The molecule has 3 rings (SSSR count). The predicted octanol–water partition coefficient (Wildman–Crippen LogP) is 2.03. The lowest BCUT2D eigenvalue weighted by molar-refractivity contribution is 0.0240. The highest BCUT2D eigenvalue weighted by atomic mass is 16.6. The van der Waals surface area contributed by atoms with Gasteiger partial charge in [0.15, 0.2) is 0 Å². The van der Waals surface area contributed by atoms with Crippen LogP contribution in [-0.2, 0) is 4.74 Å². The number of carbonyl (C=O) groups is 2. The van der Waals surface area contributed by atoms with Crippen molar-refractivity contribution in [1.82, 2.24) is 15.2 Å². The van der Waals surface area contributed by atoms with Crippen LogP contribution in [0.5, 0.6) is 0 Å². The lowest BCUT2D eigenvalue weighted by Crippen LogP contribution is -2.50. The number of ether oxygens (including phenoxy) is 1. The molecule has 1 aromatic rings. The van der Waals surface area contributed by atoms with Gasteiger partial charge in [-0.2, -0.15) is 0 Å². The van der Waals surface area contributed by atoms with Crippen LogP contribution in [0.25, 0.3) is 0 Å². The summed E-state index contributed by atoms with van der Waals surface area (Å²) in [7, 11) is 0. The minimum absolute atomic E-state index is 0.108. The zero-order chi connectivity index (χ0) is 18.0. The van der Waals surface area contributed by atoms with E-state index in [9.17, 15) is 9.59 Å². The summed E-state index contributed by atoms with van der Waals surface area (Å²) in [5.41, 5.74) is 0.935. The normalized spacial score (nSPS) is 18.0. The minimum atomic E-state index is -0.477. The van der Waals surface area contributed by atoms with Crippen molar-refractivity contribution in [3.8, 4) is 0 Å². The molecule has 136 valence electrons. The van der Waals surface area contributed by atoms with Gasteiger partial charge in [0.05, 0.1) is 11.9 Å². The zero-order valence-electron chi connectivity index (χ0n) is 15.1. The Morgan fingerprint density at radius 3 is 2.36 bits per heavy atom. The molecule has 1 aliphatic carbocycles. The predicted molar refractivity (Wildman–Crippen MR) is 94.7 cm³/mol. The molecule has 25 heavy (non-hydrogen) atoms. The van der Waals surface area contributed by atoms with Crippen LogP contribution in [0.1, 0.15) is 44.1 Å². The van der Waals surface area contributed by atoms with Crippen LogP contribution in [0, 0.1) is 0 Å². The summed E-state index contributed by atoms with van der Waals surface area (Å²) in [5, 5.41) is 2.93. The maximum Gasteiger partial charge on any atom is 0.410 e. The molecule has 1 saturated carbocycles. The summed E-state index contributed by atoms with van der Waals surface area (Å²) < 4.78 is 5.41. The van der Waals surface area contributed by atoms with Gasteiger partial charge >= 0.3 is 6.09 Å². The number of amides is 2. The quantitative estimate of drug-likeness (QED) is 0.906. The Hall–Kier alpha value is -2.31. The molecule has 1 aliphatic heterocycles. The molecule has 2 heterocycles. The maximum atomic E-state index is 12.1. The third-order valence-corrected chi connectivity index (χ3v) is 4.19. The second-order valence-electron chi connectivity index (χ2n) is 7.60. The van der Waals surface area contributed by atoms with Crippen LogP contribution in [0.2, 0.25) is 0 Å². The Morgan fingerprint density at radius 2 is 1.84 bits per heavy atom. The first kappa shape index (κ1) is 17.5. The van der Waals surface area contributed by atoms with Crippen LogP contribution in [-0.4, -0.2) is 59.7 Å². The molecule has 7 heteroatoms. The number of anilines is 1. The molecule has 1 saturated heterocycles. The Labute approximate surface area is 148 Å². The number of carbonyl (C=O) groups excluding carboxylic acids is 2. The number of hydrogen-bond acceptors (Lipinski definition) is 5. The minimum Gasteiger partial charge on any atom is -0.444 e. The van der Waals surface area contributed by atoms with Crippen molar-refractivity contribution < 1.29 is 14.3 Å². The van der Waals surface area contributed by atoms with Crippen molar-refractivity contribution in [2.24, 2.45) is 0 Å². The van der Waals surface area contributed by atoms with E-state index in [1.807, 2.05) is 26.8 Å². The average molecular weight is 346 g/mol. The van der Waals surface area contributed by atoms with Gasteiger partial charge in [-0.15, -0.1) is 0 Å². The van der Waals surface area contributed by atoms with Crippen molar-refractivity contribution in [2.75, 3.05) is 31.1 Å². The molecule has 7 nitrogen and oxygen atoms in total. The first-order valence-corrected chi connectivity index (χ1v) is 8.81. The lowest BCUT2D eigenvalue weighted by Gasteiger charge is -2.36. The summed E-state index contributed by atoms with van der Waals surface area (Å²) >= 11 is 0. The van der Waals surface area contributed by atoms with Crippen molar-refractivity contribution in [3.05, 3.63) is 24.0 Å². The molecule has 1 N–H and O–H groups in total. The second kappa shape index (κ2) is 6.90. The molecular weight excluding hydrogens is 320 g/mol. The van der Waals surface area contributed by atoms with Gasteiger partial charge in [0, 0.05) is 32.2 Å². The van der Waals surface area contributed by atoms with Gasteiger partial charge in [0.1, 0.15) is 11.3 Å². The van der Waals surface area contributed by atoms with Crippen LogP contribution in [0.4, 0.5) is 10.5 Å². The second-order valence-corrected chi connectivity index (χ2v) is 7.60. The van der Waals surface area contributed by atoms with Crippen LogP contribution >= 0.6 is 0 Å². The average Bonchev–Trinajstić information content (AvgIpc) is 3.37. The highest BCUT2D eigenvalue weighted by Crippen LogP contribution is 2.20. The third kappa shape index (κ3) is 4.84. The standard InChI is InChI=1S/C18H26N4O3/c1-18(2,3)25-17(24)22-10-8-21(9-11-22)14-6-7-15(19-12-14)16(23)20-13-4-5-13/h6-7,12-13H,4-5,8-11H2,1-3H3,(H,20,23). The van der Waals surface area contributed by atoms with Crippen molar-refractivity contribution in [1.29, 1.82) is 0 Å². The van der Waals surface area contributed by atoms with Crippen molar-refractivity contribution in [3.63, 3.8) is 0 Å². The number of nitrogens with zero attached hydrogens (tertiary/aromatic N) is 3. The largest absolute Gasteiger partial charge is 0.444 e. The van der Waals surface area contributed by atoms with Gasteiger partial charge in [0.2, 0.25) is 0 Å². The molecule has 2 fully saturated rings. The fraction of sp³-hybridized carbons (Fsp3) is 0.611. The number of pyridine rings is 1. The van der Waals surface area contributed by atoms with E-state index in [-0.39, 0.29) is 12.0 Å². The Morgan fingerprint density at radius 1 is 1.16 bits per heavy atom. The summed E-state index contributed by atoms with van der Waals surface area (Å²) in [6.07, 6.45) is 3.58. The Balaban J connectivity index is 1.52. The summed E-state index contributed by atoms with van der Waals surface area (Å²) in [4.78, 5) is 32.2. The Kier molecular flexibility index (Phi) is 4.83. The molecule has 0 unspecified atom stereocenters. The number of piperazine rings is 1. The van der Waals surface area contributed by atoms with Gasteiger partial charge < -0.3 is 19.9 Å². The fourth-order valence-electron chi connectivity index (χ4n) is 2.67. The molecular formula is C18H26N4O3. The molecule has 2 aliphatic rings. The van der Waals surface area contributed by atoms with E-state index in [1.165, 1.54) is 0 Å². The Bertz CT molecular complexity index is 627. The highest BCUT2D eigenvalue weighted by Gasteiger charge is 2.27. The molecule has 0 radical (unpaired) electrons. The first-order valence-electron chi connectivity index (χ1n) is 8.81. The van der Waals surface area contributed by atoms with E-state index >= 15 is 0 Å². The van der Waals surface area contributed by atoms with Crippen molar-refractivity contribution >= 4 is 17.7 Å². The van der Waals surface area contributed by atoms with E-state index in [2.05, 4.69) is 15.2 Å². The topological polar surface area (TPSA) is 74.8 Å². The smallest absolute Gasteiger partial charge is 0.410 e. The highest BCUT2D eigenvalue weighted by molar-refractivity contribution is 5.92. The number of aromatic nitrogens is 1. The number of rotatable bonds is 3. The van der Waals surface area contributed by atoms with Gasteiger partial charge in [0.25, 0.3) is 5.91 Å². The zero-order valence-corrected chi connectivity index (χ0v) is 15.1. The third-order valence-electron chi connectivity index (χ3n) is 4.19. The van der Waals surface area contributed by atoms with E-state index in [0.29, 0.717) is 37.9 Å². The summed E-state index contributed by atoms with van der Waals surface area (Å²) in [6.45, 7) is 8.26. The van der Waals surface area contributed by atoms with E-state index in [0.717, 1.165) is 18.5 Å². The van der Waals surface area contributed by atoms with E-state index in [4.69, 9.17) is 4.74 Å². The molecule has 0 spiro atoms. The van der Waals surface area contributed by atoms with Crippen LogP contribution < -0.4 is 10.2 Å². The van der Waals surface area contributed by atoms with E-state index in [1.54, 1.807) is 17.2 Å². The molecule has 0 aromatic carbocycles. The molecule has 2 amide bonds. The van der Waals surface area contributed by atoms with Gasteiger partial charge in [-0.1, -0.05) is 0 Å². The summed E-state index contributed by atoms with van der Waals surface area (Å²) in [5.74, 6) is -0.108. The van der Waals surface area contributed by atoms with Gasteiger partial charge in [-0.05, 0) is 45.7 Å². The summed E-state index contributed by atoms with van der Waals surface area (Å²) in [6, 6.07) is 4.00. The van der Waals surface area contributed by atoms with E-state index < -0.39 is 5.60 Å². The maximum absolute atomic E-state index is 12.1. The van der Waals surface area contributed by atoms with Gasteiger partial charge in [-0.25, -0.2) is 9.78 Å².